The Morgan fingerprint density at radius 3 is 1.33 bits per heavy atom. The van der Waals surface area contributed by atoms with E-state index >= 15 is 0 Å². The molecule has 0 aromatic carbocycles. The number of hydrogen-bond acceptors (Lipinski definition) is 0. The van der Waals surface area contributed by atoms with Crippen LogP contribution in [0.2, 0.25) is 0 Å². The van der Waals surface area contributed by atoms with E-state index in [4.69, 9.17) is 0 Å². The predicted octanol–water partition coefficient (Wildman–Crippen LogP) is 3.53. The summed E-state index contributed by atoms with van der Waals surface area (Å²) in [6, 6.07) is 0. The first-order valence-electron chi connectivity index (χ1n) is 2.26. The zero-order valence-electron chi connectivity index (χ0n) is 5.02. The second kappa shape index (κ2) is 3.12. The fourth-order valence-electron chi connectivity index (χ4n) is 0.243. The van der Waals surface area contributed by atoms with E-state index in [-0.39, 0.29) is 0 Å². The summed E-state index contributed by atoms with van der Waals surface area (Å²) in [5.41, 5.74) is 0. The normalized spacial score (nSPS) is 13.0. The zero-order chi connectivity index (χ0) is 10.2. The number of halogens is 8. The molecule has 0 aliphatic heterocycles. The number of hydrogen-bond donors (Lipinski definition) is 0. The van der Waals surface area contributed by atoms with E-state index in [1.165, 1.54) is 0 Å². The van der Waals surface area contributed by atoms with Crippen molar-refractivity contribution in [3.05, 3.63) is 11.1 Å². The van der Waals surface area contributed by atoms with E-state index in [9.17, 15) is 30.7 Å². The summed E-state index contributed by atoms with van der Waals surface area (Å²) in [6.45, 7) is 0. The van der Waals surface area contributed by atoms with Crippen LogP contribution in [-0.2, 0) is 0 Å². The highest BCUT2D eigenvalue weighted by Gasteiger charge is 2.61. The van der Waals surface area contributed by atoms with Gasteiger partial charge in [0, 0.05) is 0 Å². The van der Waals surface area contributed by atoms with Crippen molar-refractivity contribution in [1.29, 1.82) is 0 Å². The highest BCUT2D eigenvalue weighted by Crippen LogP contribution is 2.44. The molecule has 0 radical (unpaired) electrons. The van der Waals surface area contributed by atoms with E-state index < -0.39 is 23.2 Å². The fraction of sp³-hybridized carbons (Fsp3) is 0.500. The van der Waals surface area contributed by atoms with Crippen molar-refractivity contribution in [1.82, 2.24) is 0 Å². The summed E-state index contributed by atoms with van der Waals surface area (Å²) >= 11 is 4.05. The topological polar surface area (TPSA) is 0 Å². The Morgan fingerprint density at radius 1 is 0.917 bits per heavy atom. The second-order valence-corrected chi connectivity index (χ2v) is 2.02. The van der Waals surface area contributed by atoms with Gasteiger partial charge >= 0.3 is 12.1 Å². The first kappa shape index (κ1) is 11.5. The molecule has 0 aromatic heterocycles. The van der Waals surface area contributed by atoms with Crippen LogP contribution in [0.3, 0.4) is 0 Å². The van der Waals surface area contributed by atoms with Crippen LogP contribution in [-0.4, -0.2) is 12.1 Å². The van der Waals surface area contributed by atoms with Crippen molar-refractivity contribution in [2.75, 3.05) is 0 Å². The van der Waals surface area contributed by atoms with Gasteiger partial charge in [0.2, 0.25) is 0 Å². The first-order chi connectivity index (χ1) is 5.10. The number of allylic oxidation sites excluding steroid dienone is 1. The molecule has 0 N–H and O–H groups in total. The Hall–Kier alpha value is -0.460. The summed E-state index contributed by atoms with van der Waals surface area (Å²) in [4.78, 5) is 0. The van der Waals surface area contributed by atoms with Crippen molar-refractivity contribution in [3.63, 3.8) is 0 Å². The molecule has 72 valence electrons. The maximum atomic E-state index is 11.8. The second-order valence-electron chi connectivity index (χ2n) is 1.65. The maximum Gasteiger partial charge on any atom is 0.459 e. The minimum absolute atomic E-state index is 2.80. The lowest BCUT2D eigenvalue weighted by molar-refractivity contribution is -0.262. The Labute approximate surface area is 66.6 Å². The van der Waals surface area contributed by atoms with Crippen molar-refractivity contribution < 1.29 is 30.7 Å². The van der Waals surface area contributed by atoms with Gasteiger partial charge in [-0.3, -0.25) is 0 Å². The van der Waals surface area contributed by atoms with Crippen molar-refractivity contribution in [3.8, 4) is 0 Å². The molecule has 0 atom stereocenters. The summed E-state index contributed by atoms with van der Waals surface area (Å²) < 4.78 is 79.7. The first-order valence-corrected chi connectivity index (χ1v) is 2.64. The van der Waals surface area contributed by atoms with Gasteiger partial charge < -0.3 is 0 Å². The molecule has 8 heteroatoms. The van der Waals surface area contributed by atoms with Gasteiger partial charge in [0.25, 0.3) is 6.08 Å². The SMILES string of the molecule is FC(F)=C(Cl)C(F)(F)C(F)(F)F. The Bertz CT molecular complexity index is 198. The molecule has 12 heavy (non-hydrogen) atoms. The van der Waals surface area contributed by atoms with Gasteiger partial charge in [-0.2, -0.15) is 30.7 Å². The number of alkyl halides is 5. The van der Waals surface area contributed by atoms with Crippen LogP contribution in [0.5, 0.6) is 0 Å². The van der Waals surface area contributed by atoms with Gasteiger partial charge in [-0.1, -0.05) is 11.6 Å². The molecule has 0 unspecified atom stereocenters. The highest BCUT2D eigenvalue weighted by molar-refractivity contribution is 6.30. The van der Waals surface area contributed by atoms with Crippen LogP contribution in [0.4, 0.5) is 30.7 Å². The summed E-state index contributed by atoms with van der Waals surface area (Å²) in [7, 11) is 0. The Morgan fingerprint density at radius 2 is 1.25 bits per heavy atom. The molecule has 0 amide bonds. The molecule has 0 rings (SSSR count). The average molecular weight is 216 g/mol. The lowest BCUT2D eigenvalue weighted by Gasteiger charge is -2.17. The van der Waals surface area contributed by atoms with Crippen LogP contribution in [0, 0.1) is 0 Å². The van der Waals surface area contributed by atoms with Crippen molar-refractivity contribution in [2.24, 2.45) is 0 Å². The third kappa shape index (κ3) is 2.02. The van der Waals surface area contributed by atoms with Gasteiger partial charge in [-0.25, -0.2) is 0 Å². The van der Waals surface area contributed by atoms with Crippen LogP contribution in [0.15, 0.2) is 11.1 Å². The van der Waals surface area contributed by atoms with Crippen molar-refractivity contribution >= 4 is 11.6 Å². The molecule has 0 aliphatic rings. The maximum absolute atomic E-state index is 11.8. The third-order valence-electron chi connectivity index (χ3n) is 0.798. The predicted molar refractivity (Wildman–Crippen MR) is 26.1 cm³/mol. The van der Waals surface area contributed by atoms with Gasteiger partial charge in [0.1, 0.15) is 0 Å². The van der Waals surface area contributed by atoms with Gasteiger partial charge in [-0.15, -0.1) is 0 Å². The van der Waals surface area contributed by atoms with Crippen LogP contribution in [0.1, 0.15) is 0 Å². The minimum atomic E-state index is -6.10. The zero-order valence-corrected chi connectivity index (χ0v) is 5.78. The molecular weight excluding hydrogens is 216 g/mol. The standard InChI is InChI=1S/C4ClF7/c5-1(2(6)7)3(8,9)4(10,11)12. The smallest absolute Gasteiger partial charge is 0.190 e. The molecule has 0 bridgehead atoms. The summed E-state index contributed by atoms with van der Waals surface area (Å²) in [6.07, 6.45) is -9.35. The van der Waals surface area contributed by atoms with E-state index in [2.05, 4.69) is 11.6 Å². The lowest BCUT2D eigenvalue weighted by Crippen LogP contribution is -2.37. The van der Waals surface area contributed by atoms with Gasteiger partial charge in [-0.05, 0) is 0 Å². The lowest BCUT2D eigenvalue weighted by atomic mass is 10.3. The molecular formula is C4ClF7. The van der Waals surface area contributed by atoms with Gasteiger partial charge in [0.05, 0.1) is 0 Å². The summed E-state index contributed by atoms with van der Waals surface area (Å²) in [5, 5.41) is -2.80. The Kier molecular flexibility index (Phi) is 3.00. The van der Waals surface area contributed by atoms with E-state index in [0.29, 0.717) is 0 Å². The Balaban J connectivity index is 5.01. The summed E-state index contributed by atoms with van der Waals surface area (Å²) in [5.74, 6) is -5.69. The molecule has 0 fully saturated rings. The molecule has 0 heterocycles. The molecule has 0 spiro atoms. The average Bonchev–Trinajstić information content (AvgIpc) is 1.83. The van der Waals surface area contributed by atoms with E-state index in [1.807, 2.05) is 0 Å². The van der Waals surface area contributed by atoms with E-state index in [1.54, 1.807) is 0 Å². The molecule has 0 aliphatic carbocycles. The van der Waals surface area contributed by atoms with Crippen molar-refractivity contribution in [2.45, 2.75) is 12.1 Å². The molecule has 0 aromatic rings. The highest BCUT2D eigenvalue weighted by atomic mass is 35.5. The monoisotopic (exact) mass is 216 g/mol. The largest absolute Gasteiger partial charge is 0.459 e. The van der Waals surface area contributed by atoms with Crippen LogP contribution in [0.25, 0.3) is 0 Å². The number of rotatable bonds is 1. The third-order valence-corrected chi connectivity index (χ3v) is 1.18. The molecule has 0 saturated carbocycles. The quantitative estimate of drug-likeness (QED) is 0.588. The van der Waals surface area contributed by atoms with Crippen LogP contribution < -0.4 is 0 Å². The van der Waals surface area contributed by atoms with Crippen LogP contribution >= 0.6 is 11.6 Å². The minimum Gasteiger partial charge on any atom is -0.190 e. The fourth-order valence-corrected chi connectivity index (χ4v) is 0.350. The molecule has 0 saturated heterocycles. The van der Waals surface area contributed by atoms with E-state index in [0.717, 1.165) is 0 Å². The molecule has 0 nitrogen and oxygen atoms in total. The van der Waals surface area contributed by atoms with Gasteiger partial charge in [0.15, 0.2) is 5.03 Å².